The van der Waals surface area contributed by atoms with Gasteiger partial charge in [-0.3, -0.25) is 4.79 Å². The van der Waals surface area contributed by atoms with E-state index < -0.39 is 5.97 Å². The zero-order valence-electron chi connectivity index (χ0n) is 17.1. The van der Waals surface area contributed by atoms with Gasteiger partial charge < -0.3 is 14.0 Å². The maximum atomic E-state index is 12.7. The Morgan fingerprint density at radius 1 is 0.968 bits per heavy atom. The molecule has 0 saturated heterocycles. The summed E-state index contributed by atoms with van der Waals surface area (Å²) in [6, 6.07) is 16.0. The lowest BCUT2D eigenvalue weighted by atomic mass is 10.1. The number of ether oxygens (including phenoxy) is 2. The molecule has 0 aliphatic heterocycles. The summed E-state index contributed by atoms with van der Waals surface area (Å²) >= 11 is 12.5. The van der Waals surface area contributed by atoms with Crippen molar-refractivity contribution in [3.8, 4) is 5.75 Å². The summed E-state index contributed by atoms with van der Waals surface area (Å²) < 4.78 is 11.4. The van der Waals surface area contributed by atoms with Crippen LogP contribution in [0.4, 0.5) is 0 Å². The Kier molecular flexibility index (Phi) is 7.55. The molecule has 1 heterocycles. The number of hydrogen-bond acceptors (Lipinski definition) is 4. The number of carbonyl (C=O) groups is 1. The molecular formula is C24H21Cl2NO4. The second kappa shape index (κ2) is 10.3. The highest BCUT2D eigenvalue weighted by Gasteiger charge is 2.12. The Bertz CT molecular complexity index is 1150. The Labute approximate surface area is 190 Å². The molecule has 3 rings (SSSR count). The highest BCUT2D eigenvalue weighted by Crippen LogP contribution is 2.22. The van der Waals surface area contributed by atoms with E-state index in [1.807, 2.05) is 42.5 Å². The standard InChI is InChI=1S/C24H21Cl2NO4/c1-30-19-10-5-16(6-11-19)7-12-22-20(25)15-21(26)23(28)27(22)14-13-17-3-8-18(9-4-17)24(29)31-2/h3-12,15H,13-14H2,1-2H3. The van der Waals surface area contributed by atoms with Crippen molar-refractivity contribution in [3.05, 3.63) is 97.4 Å². The SMILES string of the molecule is COC(=O)c1ccc(CCn2c(C=Cc3ccc(OC)cc3)c(Cl)cc(Cl)c2=O)cc1. The van der Waals surface area contributed by atoms with Crippen molar-refractivity contribution in [1.82, 2.24) is 4.57 Å². The Morgan fingerprint density at radius 2 is 1.65 bits per heavy atom. The van der Waals surface area contributed by atoms with Crippen LogP contribution in [-0.4, -0.2) is 24.8 Å². The fourth-order valence-electron chi connectivity index (χ4n) is 3.06. The van der Waals surface area contributed by atoms with Gasteiger partial charge in [-0.05, 0) is 54.0 Å². The normalized spacial score (nSPS) is 11.0. The molecule has 0 N–H and O–H groups in total. The quantitative estimate of drug-likeness (QED) is 0.447. The molecule has 0 radical (unpaired) electrons. The van der Waals surface area contributed by atoms with Gasteiger partial charge in [0.15, 0.2) is 0 Å². The molecular weight excluding hydrogens is 437 g/mol. The lowest BCUT2D eigenvalue weighted by Gasteiger charge is -2.13. The van der Waals surface area contributed by atoms with Gasteiger partial charge in [-0.25, -0.2) is 4.79 Å². The number of methoxy groups -OCH3 is 2. The van der Waals surface area contributed by atoms with E-state index in [0.29, 0.717) is 29.2 Å². The second-order valence-electron chi connectivity index (χ2n) is 6.73. The van der Waals surface area contributed by atoms with Crippen molar-refractivity contribution >= 4 is 41.3 Å². The molecule has 0 saturated carbocycles. The topological polar surface area (TPSA) is 57.5 Å². The van der Waals surface area contributed by atoms with Gasteiger partial charge in [0.1, 0.15) is 10.8 Å². The number of halogens is 2. The zero-order chi connectivity index (χ0) is 22.4. The third-order valence-electron chi connectivity index (χ3n) is 4.79. The highest BCUT2D eigenvalue weighted by atomic mass is 35.5. The van der Waals surface area contributed by atoms with Crippen molar-refractivity contribution in [2.75, 3.05) is 14.2 Å². The van der Waals surface area contributed by atoms with Gasteiger partial charge in [0.05, 0.1) is 30.5 Å². The van der Waals surface area contributed by atoms with Crippen molar-refractivity contribution in [1.29, 1.82) is 0 Å². The van der Waals surface area contributed by atoms with Crippen molar-refractivity contribution in [2.24, 2.45) is 0 Å². The van der Waals surface area contributed by atoms with Crippen LogP contribution in [0.15, 0.2) is 59.4 Å². The first-order valence-electron chi connectivity index (χ1n) is 9.51. The smallest absolute Gasteiger partial charge is 0.337 e. The lowest BCUT2D eigenvalue weighted by molar-refractivity contribution is 0.0600. The van der Waals surface area contributed by atoms with E-state index in [-0.39, 0.29) is 10.6 Å². The molecule has 2 aromatic carbocycles. The van der Waals surface area contributed by atoms with Gasteiger partial charge >= 0.3 is 5.97 Å². The van der Waals surface area contributed by atoms with Crippen LogP contribution in [0.5, 0.6) is 5.75 Å². The molecule has 7 heteroatoms. The molecule has 0 unspecified atom stereocenters. The number of aromatic nitrogens is 1. The number of esters is 1. The Balaban J connectivity index is 1.86. The average molecular weight is 458 g/mol. The summed E-state index contributed by atoms with van der Waals surface area (Å²) in [5.74, 6) is 0.368. The number of hydrogen-bond donors (Lipinski definition) is 0. The average Bonchev–Trinajstić information content (AvgIpc) is 2.80. The minimum absolute atomic E-state index is 0.0626. The first-order chi connectivity index (χ1) is 14.9. The number of benzene rings is 2. The van der Waals surface area contributed by atoms with Gasteiger partial charge in [-0.1, -0.05) is 53.5 Å². The number of pyridine rings is 1. The molecule has 0 spiro atoms. The third-order valence-corrected chi connectivity index (χ3v) is 5.36. The van der Waals surface area contributed by atoms with E-state index >= 15 is 0 Å². The van der Waals surface area contributed by atoms with E-state index in [9.17, 15) is 9.59 Å². The van der Waals surface area contributed by atoms with Crippen LogP contribution in [0.25, 0.3) is 12.2 Å². The molecule has 3 aromatic rings. The highest BCUT2D eigenvalue weighted by molar-refractivity contribution is 6.35. The van der Waals surface area contributed by atoms with E-state index in [4.69, 9.17) is 32.7 Å². The fourth-order valence-corrected chi connectivity index (χ4v) is 3.60. The first kappa shape index (κ1) is 22.7. The molecule has 0 amide bonds. The van der Waals surface area contributed by atoms with Crippen LogP contribution < -0.4 is 10.3 Å². The van der Waals surface area contributed by atoms with Crippen molar-refractivity contribution < 1.29 is 14.3 Å². The molecule has 1 aromatic heterocycles. The van der Waals surface area contributed by atoms with Crippen molar-refractivity contribution in [2.45, 2.75) is 13.0 Å². The van der Waals surface area contributed by atoms with Gasteiger partial charge in [0.25, 0.3) is 5.56 Å². The molecule has 5 nitrogen and oxygen atoms in total. The van der Waals surface area contributed by atoms with Crippen LogP contribution in [0, 0.1) is 0 Å². The van der Waals surface area contributed by atoms with E-state index in [1.165, 1.54) is 13.2 Å². The summed E-state index contributed by atoms with van der Waals surface area (Å²) in [5.41, 5.74) is 2.62. The number of rotatable bonds is 7. The monoisotopic (exact) mass is 457 g/mol. The fraction of sp³-hybridized carbons (Fsp3) is 0.167. The van der Waals surface area contributed by atoms with Crippen LogP contribution in [0.2, 0.25) is 10.0 Å². The van der Waals surface area contributed by atoms with Gasteiger partial charge in [0.2, 0.25) is 0 Å². The number of nitrogens with zero attached hydrogens (tertiary/aromatic N) is 1. The third kappa shape index (κ3) is 5.57. The summed E-state index contributed by atoms with van der Waals surface area (Å²) in [7, 11) is 2.95. The Morgan fingerprint density at radius 3 is 2.26 bits per heavy atom. The van der Waals surface area contributed by atoms with Gasteiger partial charge in [-0.15, -0.1) is 0 Å². The number of aryl methyl sites for hydroxylation is 1. The number of carbonyl (C=O) groups excluding carboxylic acids is 1. The minimum atomic E-state index is -0.393. The van der Waals surface area contributed by atoms with Gasteiger partial charge in [0, 0.05) is 6.54 Å². The van der Waals surface area contributed by atoms with E-state index in [0.717, 1.165) is 16.9 Å². The second-order valence-corrected chi connectivity index (χ2v) is 7.54. The maximum absolute atomic E-state index is 12.7. The molecule has 0 atom stereocenters. The Hall–Kier alpha value is -3.02. The molecule has 160 valence electrons. The molecule has 0 fully saturated rings. The molecule has 31 heavy (non-hydrogen) atoms. The van der Waals surface area contributed by atoms with Crippen LogP contribution in [-0.2, 0) is 17.7 Å². The maximum Gasteiger partial charge on any atom is 0.337 e. The minimum Gasteiger partial charge on any atom is -0.497 e. The predicted molar refractivity (Wildman–Crippen MR) is 124 cm³/mol. The summed E-state index contributed by atoms with van der Waals surface area (Å²) in [5, 5.41) is 0.447. The summed E-state index contributed by atoms with van der Waals surface area (Å²) in [6.45, 7) is 0.374. The largest absolute Gasteiger partial charge is 0.497 e. The van der Waals surface area contributed by atoms with E-state index in [1.54, 1.807) is 29.9 Å². The molecule has 0 bridgehead atoms. The molecule has 0 aliphatic carbocycles. The predicted octanol–water partition coefficient (Wildman–Crippen LogP) is 5.36. The first-order valence-corrected chi connectivity index (χ1v) is 10.3. The van der Waals surface area contributed by atoms with Gasteiger partial charge in [-0.2, -0.15) is 0 Å². The van der Waals surface area contributed by atoms with Crippen molar-refractivity contribution in [3.63, 3.8) is 0 Å². The van der Waals surface area contributed by atoms with Crippen LogP contribution in [0.3, 0.4) is 0 Å². The summed E-state index contributed by atoms with van der Waals surface area (Å²) in [4.78, 5) is 24.3. The lowest BCUT2D eigenvalue weighted by Crippen LogP contribution is -2.24. The van der Waals surface area contributed by atoms with Crippen LogP contribution >= 0.6 is 23.2 Å². The van der Waals surface area contributed by atoms with E-state index in [2.05, 4.69) is 0 Å². The molecule has 0 aliphatic rings. The zero-order valence-corrected chi connectivity index (χ0v) is 18.6. The summed E-state index contributed by atoms with van der Waals surface area (Å²) in [6.07, 6.45) is 4.22. The van der Waals surface area contributed by atoms with Crippen LogP contribution in [0.1, 0.15) is 27.2 Å².